The van der Waals surface area contributed by atoms with Gasteiger partial charge in [-0.1, -0.05) is 62.9 Å². The predicted molar refractivity (Wildman–Crippen MR) is 118 cm³/mol. The standard InChI is InChI=1S/C27H29F3/c1-2-3-4-5-18-6-8-19(9-7-18)20-10-11-22-15-23(13-12-21(22)14-20)24-16-25(28)27(30)26(29)17-24/h10-19H,2-9H2,1H3. The second kappa shape index (κ2) is 9.24. The highest BCUT2D eigenvalue weighted by molar-refractivity contribution is 5.88. The normalized spacial score (nSPS) is 19.3. The highest BCUT2D eigenvalue weighted by Crippen LogP contribution is 2.39. The molecule has 0 unspecified atom stereocenters. The number of halogens is 3. The number of hydrogen-bond donors (Lipinski definition) is 0. The molecule has 0 radical (unpaired) electrons. The molecule has 0 N–H and O–H groups in total. The first-order valence-electron chi connectivity index (χ1n) is 11.2. The third-order valence-corrected chi connectivity index (χ3v) is 6.72. The maximum atomic E-state index is 13.6. The first-order chi connectivity index (χ1) is 14.5. The van der Waals surface area contributed by atoms with Crippen LogP contribution in [0, 0.1) is 23.4 Å². The molecule has 1 aliphatic carbocycles. The Balaban J connectivity index is 1.49. The van der Waals surface area contributed by atoms with Crippen molar-refractivity contribution in [1.29, 1.82) is 0 Å². The Labute approximate surface area is 177 Å². The van der Waals surface area contributed by atoms with Gasteiger partial charge in [0.15, 0.2) is 17.5 Å². The summed E-state index contributed by atoms with van der Waals surface area (Å²) < 4.78 is 40.4. The molecule has 0 aliphatic heterocycles. The summed E-state index contributed by atoms with van der Waals surface area (Å²) in [4.78, 5) is 0. The summed E-state index contributed by atoms with van der Waals surface area (Å²) in [5, 5.41) is 2.15. The molecule has 0 amide bonds. The Morgan fingerprint density at radius 2 is 1.40 bits per heavy atom. The van der Waals surface area contributed by atoms with E-state index in [4.69, 9.17) is 0 Å². The second-order valence-corrected chi connectivity index (χ2v) is 8.79. The lowest BCUT2D eigenvalue weighted by molar-refractivity contribution is 0.303. The van der Waals surface area contributed by atoms with Crippen LogP contribution in [0.2, 0.25) is 0 Å². The Kier molecular flexibility index (Phi) is 6.46. The van der Waals surface area contributed by atoms with Gasteiger partial charge in [-0.25, -0.2) is 13.2 Å². The molecule has 158 valence electrons. The highest BCUT2D eigenvalue weighted by Gasteiger charge is 2.22. The number of unbranched alkanes of at least 4 members (excludes halogenated alkanes) is 2. The number of rotatable bonds is 6. The van der Waals surface area contributed by atoms with Crippen molar-refractivity contribution in [3.05, 3.63) is 71.5 Å². The van der Waals surface area contributed by atoms with Gasteiger partial charge in [0, 0.05) is 0 Å². The summed E-state index contributed by atoms with van der Waals surface area (Å²) in [6.07, 6.45) is 10.6. The SMILES string of the molecule is CCCCCC1CCC(c2ccc3cc(-c4cc(F)c(F)c(F)c4)ccc3c2)CC1. The third-order valence-electron chi connectivity index (χ3n) is 6.72. The average molecular weight is 411 g/mol. The van der Waals surface area contributed by atoms with Crippen LogP contribution in [0.1, 0.15) is 69.8 Å². The van der Waals surface area contributed by atoms with E-state index in [1.165, 1.54) is 56.9 Å². The molecule has 0 nitrogen and oxygen atoms in total. The molecule has 1 fully saturated rings. The van der Waals surface area contributed by atoms with Gasteiger partial charge in [-0.2, -0.15) is 0 Å². The van der Waals surface area contributed by atoms with E-state index in [0.717, 1.165) is 28.8 Å². The number of benzene rings is 3. The van der Waals surface area contributed by atoms with Gasteiger partial charge in [-0.15, -0.1) is 0 Å². The Bertz CT molecular complexity index is 993. The first-order valence-corrected chi connectivity index (χ1v) is 11.2. The quantitative estimate of drug-likeness (QED) is 0.281. The Hall–Kier alpha value is -2.29. The summed E-state index contributed by atoms with van der Waals surface area (Å²) in [6.45, 7) is 2.26. The predicted octanol–water partition coefficient (Wildman–Crippen LogP) is 8.78. The molecule has 0 bridgehead atoms. The highest BCUT2D eigenvalue weighted by atomic mass is 19.2. The maximum absolute atomic E-state index is 13.6. The van der Waals surface area contributed by atoms with E-state index in [1.54, 1.807) is 0 Å². The summed E-state index contributed by atoms with van der Waals surface area (Å²) in [6, 6.07) is 14.4. The van der Waals surface area contributed by atoms with Crippen LogP contribution in [0.3, 0.4) is 0 Å². The zero-order chi connectivity index (χ0) is 21.1. The van der Waals surface area contributed by atoms with E-state index in [9.17, 15) is 13.2 Å². The van der Waals surface area contributed by atoms with Crippen LogP contribution in [0.15, 0.2) is 48.5 Å². The lowest BCUT2D eigenvalue weighted by Gasteiger charge is -2.29. The fraction of sp³-hybridized carbons (Fsp3) is 0.407. The van der Waals surface area contributed by atoms with Crippen molar-refractivity contribution >= 4 is 10.8 Å². The van der Waals surface area contributed by atoms with Crippen LogP contribution < -0.4 is 0 Å². The molecule has 0 heterocycles. The minimum Gasteiger partial charge on any atom is -0.204 e. The van der Waals surface area contributed by atoms with E-state index in [1.807, 2.05) is 18.2 Å². The van der Waals surface area contributed by atoms with Crippen LogP contribution in [-0.2, 0) is 0 Å². The largest absolute Gasteiger partial charge is 0.204 e. The molecule has 0 spiro atoms. The second-order valence-electron chi connectivity index (χ2n) is 8.79. The summed E-state index contributed by atoms with van der Waals surface area (Å²) in [7, 11) is 0. The van der Waals surface area contributed by atoms with Crippen molar-refractivity contribution in [2.24, 2.45) is 5.92 Å². The molecule has 1 saturated carbocycles. The molecule has 3 aromatic carbocycles. The molecule has 3 heteroatoms. The maximum Gasteiger partial charge on any atom is 0.194 e. The van der Waals surface area contributed by atoms with Gasteiger partial charge in [0.2, 0.25) is 0 Å². The van der Waals surface area contributed by atoms with E-state index < -0.39 is 17.5 Å². The minimum atomic E-state index is -1.43. The number of hydrogen-bond acceptors (Lipinski definition) is 0. The molecule has 3 aromatic rings. The Morgan fingerprint density at radius 3 is 2.10 bits per heavy atom. The molecule has 1 aliphatic rings. The van der Waals surface area contributed by atoms with Gasteiger partial charge in [0.05, 0.1) is 0 Å². The van der Waals surface area contributed by atoms with Crippen molar-refractivity contribution < 1.29 is 13.2 Å². The summed E-state index contributed by atoms with van der Waals surface area (Å²) in [5.74, 6) is -2.23. The van der Waals surface area contributed by atoms with Gasteiger partial charge in [-0.3, -0.25) is 0 Å². The monoisotopic (exact) mass is 410 g/mol. The molecular weight excluding hydrogens is 381 g/mol. The van der Waals surface area contributed by atoms with Crippen LogP contribution in [0.5, 0.6) is 0 Å². The summed E-state index contributed by atoms with van der Waals surface area (Å²) >= 11 is 0. The van der Waals surface area contributed by atoms with E-state index >= 15 is 0 Å². The van der Waals surface area contributed by atoms with Crippen LogP contribution in [0.25, 0.3) is 21.9 Å². The molecule has 0 aromatic heterocycles. The molecular formula is C27H29F3. The van der Waals surface area contributed by atoms with E-state index in [0.29, 0.717) is 17.0 Å². The fourth-order valence-electron chi connectivity index (χ4n) is 4.89. The van der Waals surface area contributed by atoms with E-state index in [-0.39, 0.29) is 0 Å². The van der Waals surface area contributed by atoms with Gasteiger partial charge in [0.25, 0.3) is 0 Å². The van der Waals surface area contributed by atoms with Crippen molar-refractivity contribution in [3.63, 3.8) is 0 Å². The smallest absolute Gasteiger partial charge is 0.194 e. The van der Waals surface area contributed by atoms with Crippen molar-refractivity contribution in [1.82, 2.24) is 0 Å². The number of fused-ring (bicyclic) bond motifs is 1. The minimum absolute atomic E-state index is 0.346. The van der Waals surface area contributed by atoms with Crippen LogP contribution in [-0.4, -0.2) is 0 Å². The summed E-state index contributed by atoms with van der Waals surface area (Å²) in [5.41, 5.74) is 2.42. The fourth-order valence-corrected chi connectivity index (χ4v) is 4.89. The van der Waals surface area contributed by atoms with Crippen molar-refractivity contribution in [3.8, 4) is 11.1 Å². The molecule has 4 rings (SSSR count). The first kappa shape index (κ1) is 21.0. The zero-order valence-corrected chi connectivity index (χ0v) is 17.6. The topological polar surface area (TPSA) is 0 Å². The molecule has 0 saturated heterocycles. The lowest BCUT2D eigenvalue weighted by Crippen LogP contribution is -2.13. The van der Waals surface area contributed by atoms with Crippen LogP contribution in [0.4, 0.5) is 13.2 Å². The van der Waals surface area contributed by atoms with Gasteiger partial charge >= 0.3 is 0 Å². The van der Waals surface area contributed by atoms with Crippen LogP contribution >= 0.6 is 0 Å². The van der Waals surface area contributed by atoms with Crippen molar-refractivity contribution in [2.45, 2.75) is 64.2 Å². The van der Waals surface area contributed by atoms with Gasteiger partial charge in [-0.05, 0) is 83.2 Å². The van der Waals surface area contributed by atoms with E-state index in [2.05, 4.69) is 25.1 Å². The molecule has 30 heavy (non-hydrogen) atoms. The lowest BCUT2D eigenvalue weighted by atomic mass is 9.77. The third kappa shape index (κ3) is 4.55. The van der Waals surface area contributed by atoms with Crippen molar-refractivity contribution in [2.75, 3.05) is 0 Å². The van der Waals surface area contributed by atoms with Gasteiger partial charge < -0.3 is 0 Å². The molecule has 0 atom stereocenters. The average Bonchev–Trinajstić information content (AvgIpc) is 2.77. The zero-order valence-electron chi connectivity index (χ0n) is 17.6. The Morgan fingerprint density at radius 1 is 0.733 bits per heavy atom. The van der Waals surface area contributed by atoms with Gasteiger partial charge in [0.1, 0.15) is 0 Å².